The molecule has 0 unspecified atom stereocenters. The molecule has 0 aliphatic heterocycles. The number of nitrogen functional groups attached to an aromatic ring is 1. The highest BCUT2D eigenvalue weighted by Crippen LogP contribution is 2.16. The summed E-state index contributed by atoms with van der Waals surface area (Å²) in [5.41, 5.74) is 8.56. The Kier molecular flexibility index (Phi) is 2.80. The van der Waals surface area contributed by atoms with Gasteiger partial charge in [-0.25, -0.2) is 0 Å². The zero-order valence-corrected chi connectivity index (χ0v) is 10.3. The van der Waals surface area contributed by atoms with Gasteiger partial charge in [0.05, 0.1) is 11.6 Å². The van der Waals surface area contributed by atoms with Crippen LogP contribution in [-0.4, -0.2) is 0 Å². The number of nitrogens with two attached hydrogens (primary N) is 1. The van der Waals surface area contributed by atoms with Gasteiger partial charge in [0.1, 0.15) is 5.58 Å². The first kappa shape index (κ1) is 11.5. The van der Waals surface area contributed by atoms with Crippen LogP contribution in [0, 0.1) is 0 Å². The van der Waals surface area contributed by atoms with E-state index in [1.54, 1.807) is 18.2 Å². The second-order valence-corrected chi connectivity index (χ2v) is 4.51. The summed E-state index contributed by atoms with van der Waals surface area (Å²) in [6.45, 7) is 0. The number of fused-ring (bicyclic) bond motifs is 1. The maximum atomic E-state index is 12.4. The molecule has 0 saturated carbocycles. The molecule has 19 heavy (non-hydrogen) atoms. The summed E-state index contributed by atoms with van der Waals surface area (Å²) in [6.07, 6.45) is 2.10. The number of rotatable bonds is 2. The topological polar surface area (TPSA) is 56.2 Å². The fraction of sp³-hybridized carbons (Fsp3) is 0.0625. The molecule has 2 aromatic carbocycles. The van der Waals surface area contributed by atoms with E-state index in [1.165, 1.54) is 6.26 Å². The number of hydrogen-bond acceptors (Lipinski definition) is 3. The first-order valence-corrected chi connectivity index (χ1v) is 6.08. The minimum absolute atomic E-state index is 0.0163. The highest BCUT2D eigenvalue weighted by atomic mass is 16.3. The van der Waals surface area contributed by atoms with Gasteiger partial charge in [-0.1, -0.05) is 30.3 Å². The van der Waals surface area contributed by atoms with Crippen molar-refractivity contribution in [2.24, 2.45) is 0 Å². The van der Waals surface area contributed by atoms with Crippen LogP contribution >= 0.6 is 0 Å². The maximum Gasteiger partial charge on any atom is 0.196 e. The van der Waals surface area contributed by atoms with Crippen molar-refractivity contribution < 1.29 is 4.42 Å². The lowest BCUT2D eigenvalue weighted by atomic mass is 10.0. The van der Waals surface area contributed by atoms with Gasteiger partial charge in [0, 0.05) is 17.7 Å². The summed E-state index contributed by atoms with van der Waals surface area (Å²) in [7, 11) is 0. The van der Waals surface area contributed by atoms with Crippen molar-refractivity contribution in [3.8, 4) is 0 Å². The van der Waals surface area contributed by atoms with E-state index in [1.807, 2.05) is 30.3 Å². The van der Waals surface area contributed by atoms with Crippen molar-refractivity contribution >= 4 is 16.7 Å². The molecular weight excluding hydrogens is 238 g/mol. The fourth-order valence-electron chi connectivity index (χ4n) is 2.13. The Morgan fingerprint density at radius 2 is 1.84 bits per heavy atom. The second-order valence-electron chi connectivity index (χ2n) is 4.51. The van der Waals surface area contributed by atoms with Gasteiger partial charge in [0.2, 0.25) is 0 Å². The summed E-state index contributed by atoms with van der Waals surface area (Å²) in [5, 5.41) is 0.536. The van der Waals surface area contributed by atoms with Crippen molar-refractivity contribution in [1.29, 1.82) is 0 Å². The summed E-state index contributed by atoms with van der Waals surface area (Å²) in [4.78, 5) is 12.4. The van der Waals surface area contributed by atoms with Crippen LogP contribution in [0.15, 0.2) is 64.0 Å². The van der Waals surface area contributed by atoms with Crippen molar-refractivity contribution in [2.45, 2.75) is 6.42 Å². The maximum absolute atomic E-state index is 12.4. The second kappa shape index (κ2) is 4.61. The molecular formula is C16H13NO2. The van der Waals surface area contributed by atoms with Crippen LogP contribution in [0.1, 0.15) is 11.1 Å². The standard InChI is InChI=1S/C16H13NO2/c17-13-6-7-15-14(9-13)16(18)12(10-19-15)8-11-4-2-1-3-5-11/h1-7,9-10H,8,17H2. The number of benzene rings is 2. The number of anilines is 1. The Bertz CT molecular complexity index is 776. The molecule has 1 heterocycles. The fourth-order valence-corrected chi connectivity index (χ4v) is 2.13. The smallest absolute Gasteiger partial charge is 0.196 e. The van der Waals surface area contributed by atoms with Gasteiger partial charge < -0.3 is 10.2 Å². The van der Waals surface area contributed by atoms with Gasteiger partial charge in [0.15, 0.2) is 5.43 Å². The van der Waals surface area contributed by atoms with Gasteiger partial charge in [-0.3, -0.25) is 4.79 Å². The highest BCUT2D eigenvalue weighted by Gasteiger charge is 2.07. The molecule has 0 fully saturated rings. The molecule has 3 aromatic rings. The van der Waals surface area contributed by atoms with Gasteiger partial charge in [-0.05, 0) is 23.8 Å². The normalized spacial score (nSPS) is 10.7. The van der Waals surface area contributed by atoms with E-state index >= 15 is 0 Å². The third-order valence-corrected chi connectivity index (χ3v) is 3.11. The average Bonchev–Trinajstić information content (AvgIpc) is 2.44. The molecule has 0 spiro atoms. The van der Waals surface area contributed by atoms with E-state index < -0.39 is 0 Å². The first-order chi connectivity index (χ1) is 9.24. The SMILES string of the molecule is Nc1ccc2occ(Cc3ccccc3)c(=O)c2c1. The predicted molar refractivity (Wildman–Crippen MR) is 76.1 cm³/mol. The molecule has 0 aliphatic carbocycles. The Labute approximate surface area is 110 Å². The van der Waals surface area contributed by atoms with E-state index in [4.69, 9.17) is 10.2 Å². The molecule has 3 nitrogen and oxygen atoms in total. The van der Waals surface area contributed by atoms with Crippen LogP contribution in [-0.2, 0) is 6.42 Å². The quantitative estimate of drug-likeness (QED) is 0.712. The van der Waals surface area contributed by atoms with E-state index in [-0.39, 0.29) is 5.43 Å². The lowest BCUT2D eigenvalue weighted by molar-refractivity contribution is 0.595. The third-order valence-electron chi connectivity index (χ3n) is 3.11. The Balaban J connectivity index is 2.10. The molecule has 0 bridgehead atoms. The third kappa shape index (κ3) is 2.22. The summed E-state index contributed by atoms with van der Waals surface area (Å²) in [6, 6.07) is 14.9. The van der Waals surface area contributed by atoms with Gasteiger partial charge in [-0.2, -0.15) is 0 Å². The molecule has 2 N–H and O–H groups in total. The highest BCUT2D eigenvalue weighted by molar-refractivity contribution is 5.80. The monoisotopic (exact) mass is 251 g/mol. The zero-order valence-electron chi connectivity index (χ0n) is 10.3. The van der Waals surface area contributed by atoms with Crippen LogP contribution in [0.5, 0.6) is 0 Å². The molecule has 3 rings (SSSR count). The number of hydrogen-bond donors (Lipinski definition) is 1. The molecule has 0 amide bonds. The molecule has 0 atom stereocenters. The van der Waals surface area contributed by atoms with Gasteiger partial charge in [0.25, 0.3) is 0 Å². The van der Waals surface area contributed by atoms with E-state index in [0.29, 0.717) is 28.6 Å². The molecule has 0 radical (unpaired) electrons. The van der Waals surface area contributed by atoms with Gasteiger partial charge >= 0.3 is 0 Å². The van der Waals surface area contributed by atoms with Crippen molar-refractivity contribution in [3.05, 3.63) is 76.1 Å². The molecule has 3 heteroatoms. The average molecular weight is 251 g/mol. The Morgan fingerprint density at radius 3 is 2.63 bits per heavy atom. The summed E-state index contributed by atoms with van der Waals surface area (Å²) in [5.74, 6) is 0. The van der Waals surface area contributed by atoms with E-state index in [2.05, 4.69) is 0 Å². The van der Waals surface area contributed by atoms with Crippen LogP contribution in [0.25, 0.3) is 11.0 Å². The first-order valence-electron chi connectivity index (χ1n) is 6.08. The summed E-state index contributed by atoms with van der Waals surface area (Å²) >= 11 is 0. The van der Waals surface area contributed by atoms with Crippen LogP contribution in [0.3, 0.4) is 0 Å². The van der Waals surface area contributed by atoms with Crippen molar-refractivity contribution in [3.63, 3.8) is 0 Å². The van der Waals surface area contributed by atoms with Crippen molar-refractivity contribution in [2.75, 3.05) is 5.73 Å². The summed E-state index contributed by atoms with van der Waals surface area (Å²) < 4.78 is 5.50. The van der Waals surface area contributed by atoms with Crippen LogP contribution < -0.4 is 11.2 Å². The molecule has 1 aromatic heterocycles. The minimum Gasteiger partial charge on any atom is -0.464 e. The Hall–Kier alpha value is -2.55. The van der Waals surface area contributed by atoms with Crippen molar-refractivity contribution in [1.82, 2.24) is 0 Å². The van der Waals surface area contributed by atoms with Crippen LogP contribution in [0.2, 0.25) is 0 Å². The molecule has 0 saturated heterocycles. The largest absolute Gasteiger partial charge is 0.464 e. The Morgan fingerprint density at radius 1 is 1.05 bits per heavy atom. The molecule has 94 valence electrons. The van der Waals surface area contributed by atoms with Crippen LogP contribution in [0.4, 0.5) is 5.69 Å². The predicted octanol–water partition coefficient (Wildman–Crippen LogP) is 2.97. The molecule has 0 aliphatic rings. The van der Waals surface area contributed by atoms with Gasteiger partial charge in [-0.15, -0.1) is 0 Å². The van der Waals surface area contributed by atoms with E-state index in [0.717, 1.165) is 5.56 Å². The lowest BCUT2D eigenvalue weighted by Gasteiger charge is -2.03. The zero-order chi connectivity index (χ0) is 13.2. The minimum atomic E-state index is -0.0163. The lowest BCUT2D eigenvalue weighted by Crippen LogP contribution is -2.09. The van der Waals surface area contributed by atoms with E-state index in [9.17, 15) is 4.79 Å².